The van der Waals surface area contributed by atoms with Crippen LogP contribution in [0.5, 0.6) is 0 Å². The minimum absolute atomic E-state index is 0.238. The van der Waals surface area contributed by atoms with Gasteiger partial charge in [-0.3, -0.25) is 4.99 Å². The van der Waals surface area contributed by atoms with E-state index in [1.807, 2.05) is 11.8 Å². The molecular formula is C12H22N2S. The van der Waals surface area contributed by atoms with Crippen LogP contribution in [-0.2, 0) is 0 Å². The molecule has 1 aliphatic carbocycles. The molecule has 0 bridgehead atoms. The smallest absolute Gasteiger partial charge is 0.157 e. The third-order valence-corrected chi connectivity index (χ3v) is 4.71. The highest BCUT2D eigenvalue weighted by Crippen LogP contribution is 2.29. The number of nitrogens with one attached hydrogen (secondary N) is 1. The Balaban J connectivity index is 1.97. The third-order valence-electron chi connectivity index (χ3n) is 3.36. The monoisotopic (exact) mass is 226 g/mol. The molecule has 1 heterocycles. The summed E-state index contributed by atoms with van der Waals surface area (Å²) < 4.78 is 0. The quantitative estimate of drug-likeness (QED) is 0.743. The topological polar surface area (TPSA) is 24.4 Å². The molecule has 2 atom stereocenters. The van der Waals surface area contributed by atoms with E-state index in [2.05, 4.69) is 26.1 Å². The van der Waals surface area contributed by atoms with Crippen molar-refractivity contribution in [2.24, 2.45) is 10.9 Å². The minimum atomic E-state index is 0.238. The fourth-order valence-electron chi connectivity index (χ4n) is 2.32. The summed E-state index contributed by atoms with van der Waals surface area (Å²) in [7, 11) is 0. The lowest BCUT2D eigenvalue weighted by molar-refractivity contribution is 0.332. The summed E-state index contributed by atoms with van der Waals surface area (Å²) in [4.78, 5) is 4.88. The number of amidine groups is 1. The predicted molar refractivity (Wildman–Crippen MR) is 68.5 cm³/mol. The molecule has 0 spiro atoms. The van der Waals surface area contributed by atoms with Crippen LogP contribution in [0.1, 0.15) is 46.5 Å². The zero-order chi connectivity index (χ0) is 10.9. The van der Waals surface area contributed by atoms with Gasteiger partial charge in [-0.15, -0.1) is 0 Å². The van der Waals surface area contributed by atoms with Crippen molar-refractivity contribution in [3.05, 3.63) is 0 Å². The van der Waals surface area contributed by atoms with Gasteiger partial charge in [-0.1, -0.05) is 31.5 Å². The Morgan fingerprint density at radius 2 is 2.07 bits per heavy atom. The van der Waals surface area contributed by atoms with Crippen LogP contribution in [0.2, 0.25) is 0 Å². The van der Waals surface area contributed by atoms with Gasteiger partial charge in [0.25, 0.3) is 0 Å². The normalized spacial score (nSPS) is 37.9. The Morgan fingerprint density at radius 1 is 1.33 bits per heavy atom. The van der Waals surface area contributed by atoms with E-state index < -0.39 is 0 Å². The molecule has 1 saturated heterocycles. The van der Waals surface area contributed by atoms with Gasteiger partial charge in [0.1, 0.15) is 0 Å². The average molecular weight is 226 g/mol. The Labute approximate surface area is 97.3 Å². The van der Waals surface area contributed by atoms with Gasteiger partial charge in [0.15, 0.2) is 5.17 Å². The second-order valence-corrected chi connectivity index (χ2v) is 6.52. The Morgan fingerprint density at radius 3 is 2.67 bits per heavy atom. The number of rotatable bonds is 1. The molecule has 0 amide bonds. The maximum Gasteiger partial charge on any atom is 0.157 e. The van der Waals surface area contributed by atoms with Crippen molar-refractivity contribution < 1.29 is 0 Å². The molecule has 0 radical (unpaired) electrons. The number of nitrogens with zero attached hydrogens (tertiary/aromatic N) is 1. The molecule has 3 heteroatoms. The van der Waals surface area contributed by atoms with Crippen LogP contribution in [0.4, 0.5) is 0 Å². The lowest BCUT2D eigenvalue weighted by Gasteiger charge is -2.26. The van der Waals surface area contributed by atoms with Crippen LogP contribution in [-0.4, -0.2) is 22.5 Å². The SMILES string of the molecule is C[C@@H]1CCCC[C@@H]1N=C1NC(C)(C)CS1. The second kappa shape index (κ2) is 4.36. The summed E-state index contributed by atoms with van der Waals surface area (Å²) in [5, 5.41) is 4.69. The van der Waals surface area contributed by atoms with Crippen LogP contribution in [0.3, 0.4) is 0 Å². The maximum atomic E-state index is 4.88. The number of hydrogen-bond acceptors (Lipinski definition) is 2. The van der Waals surface area contributed by atoms with E-state index >= 15 is 0 Å². The first-order valence-corrected chi connectivity index (χ1v) is 7.04. The molecule has 2 aliphatic rings. The van der Waals surface area contributed by atoms with E-state index in [0.717, 1.165) is 11.7 Å². The molecule has 15 heavy (non-hydrogen) atoms. The second-order valence-electron chi connectivity index (χ2n) is 5.56. The maximum absolute atomic E-state index is 4.88. The lowest BCUT2D eigenvalue weighted by Crippen LogP contribution is -2.37. The standard InChI is InChI=1S/C12H22N2S/c1-9-6-4-5-7-10(9)13-11-14-12(2,3)8-15-11/h9-10H,4-8H2,1-3H3,(H,13,14)/t9-,10+/m1/s1. The van der Waals surface area contributed by atoms with Crippen LogP contribution in [0.25, 0.3) is 0 Å². The molecule has 1 aliphatic heterocycles. The molecule has 2 rings (SSSR count). The van der Waals surface area contributed by atoms with E-state index in [1.54, 1.807) is 0 Å². The van der Waals surface area contributed by atoms with Gasteiger partial charge in [0.05, 0.1) is 6.04 Å². The Kier molecular flexibility index (Phi) is 3.29. The van der Waals surface area contributed by atoms with E-state index in [9.17, 15) is 0 Å². The van der Waals surface area contributed by atoms with Gasteiger partial charge in [0, 0.05) is 11.3 Å². The zero-order valence-electron chi connectivity index (χ0n) is 10.0. The summed E-state index contributed by atoms with van der Waals surface area (Å²) in [6, 6.07) is 0.572. The van der Waals surface area contributed by atoms with Gasteiger partial charge >= 0.3 is 0 Å². The predicted octanol–water partition coefficient (Wildman–Crippen LogP) is 3.04. The van der Waals surface area contributed by atoms with Crippen molar-refractivity contribution in [2.75, 3.05) is 5.75 Å². The molecule has 0 unspecified atom stereocenters. The number of thioether (sulfide) groups is 1. The summed E-state index contributed by atoms with van der Waals surface area (Å²) >= 11 is 1.88. The zero-order valence-corrected chi connectivity index (χ0v) is 10.9. The van der Waals surface area contributed by atoms with Crippen LogP contribution in [0, 0.1) is 5.92 Å². The minimum Gasteiger partial charge on any atom is -0.359 e. The third kappa shape index (κ3) is 2.90. The highest BCUT2D eigenvalue weighted by Gasteiger charge is 2.29. The summed E-state index contributed by atoms with van der Waals surface area (Å²) in [5.74, 6) is 1.92. The van der Waals surface area contributed by atoms with E-state index in [0.29, 0.717) is 6.04 Å². The summed E-state index contributed by atoms with van der Waals surface area (Å²) in [6.45, 7) is 6.83. The first-order valence-electron chi connectivity index (χ1n) is 6.06. The molecule has 1 N–H and O–H groups in total. The van der Waals surface area contributed by atoms with Crippen molar-refractivity contribution in [1.82, 2.24) is 5.32 Å². The molecule has 86 valence electrons. The Hall–Kier alpha value is -0.180. The first-order chi connectivity index (χ1) is 7.07. The van der Waals surface area contributed by atoms with Crippen LogP contribution >= 0.6 is 11.8 Å². The summed E-state index contributed by atoms with van der Waals surface area (Å²) in [6.07, 6.45) is 5.40. The van der Waals surface area contributed by atoms with Crippen molar-refractivity contribution in [1.29, 1.82) is 0 Å². The summed E-state index contributed by atoms with van der Waals surface area (Å²) in [5.41, 5.74) is 0.238. The van der Waals surface area contributed by atoms with Crippen molar-refractivity contribution in [2.45, 2.75) is 58.0 Å². The van der Waals surface area contributed by atoms with E-state index in [1.165, 1.54) is 30.9 Å². The van der Waals surface area contributed by atoms with Gasteiger partial charge < -0.3 is 5.32 Å². The lowest BCUT2D eigenvalue weighted by atomic mass is 9.86. The first kappa shape index (κ1) is 11.3. The van der Waals surface area contributed by atoms with Gasteiger partial charge in [0.2, 0.25) is 0 Å². The molecule has 0 aromatic rings. The molecule has 1 saturated carbocycles. The number of hydrogen-bond donors (Lipinski definition) is 1. The van der Waals surface area contributed by atoms with Gasteiger partial charge in [-0.25, -0.2) is 0 Å². The van der Waals surface area contributed by atoms with E-state index in [-0.39, 0.29) is 5.54 Å². The van der Waals surface area contributed by atoms with Gasteiger partial charge in [-0.2, -0.15) is 0 Å². The molecule has 2 nitrogen and oxygen atoms in total. The largest absolute Gasteiger partial charge is 0.359 e. The number of aliphatic imine (C=N–C) groups is 1. The Bertz CT molecular complexity index is 260. The molecule has 0 aromatic carbocycles. The average Bonchev–Trinajstić information content (AvgIpc) is 2.50. The fraction of sp³-hybridized carbons (Fsp3) is 0.917. The van der Waals surface area contributed by atoms with E-state index in [4.69, 9.17) is 4.99 Å². The van der Waals surface area contributed by atoms with Crippen LogP contribution < -0.4 is 5.32 Å². The van der Waals surface area contributed by atoms with Crippen molar-refractivity contribution >= 4 is 16.9 Å². The van der Waals surface area contributed by atoms with Gasteiger partial charge in [-0.05, 0) is 32.6 Å². The highest BCUT2D eigenvalue weighted by molar-refractivity contribution is 8.14. The fourth-order valence-corrected chi connectivity index (χ4v) is 3.45. The highest BCUT2D eigenvalue weighted by atomic mass is 32.2. The molecule has 0 aromatic heterocycles. The van der Waals surface area contributed by atoms with Crippen LogP contribution in [0.15, 0.2) is 4.99 Å². The van der Waals surface area contributed by atoms with Crippen molar-refractivity contribution in [3.8, 4) is 0 Å². The van der Waals surface area contributed by atoms with Crippen molar-refractivity contribution in [3.63, 3.8) is 0 Å². The molecular weight excluding hydrogens is 204 g/mol. The molecule has 2 fully saturated rings.